The molecule has 0 bridgehead atoms. The van der Waals surface area contributed by atoms with Crippen molar-refractivity contribution in [3.05, 3.63) is 12.2 Å². The van der Waals surface area contributed by atoms with Gasteiger partial charge in [-0.15, -0.1) is 0 Å². The van der Waals surface area contributed by atoms with E-state index in [4.69, 9.17) is 5.11 Å². The molecule has 0 amide bonds. The van der Waals surface area contributed by atoms with Gasteiger partial charge in [0, 0.05) is 25.2 Å². The van der Waals surface area contributed by atoms with E-state index in [9.17, 15) is 4.79 Å². The molecule has 0 unspecified atom stereocenters. The van der Waals surface area contributed by atoms with Crippen molar-refractivity contribution in [1.82, 2.24) is 4.90 Å². The number of hydrogen-bond donors (Lipinski definition) is 1. The van der Waals surface area contributed by atoms with E-state index in [0.717, 1.165) is 24.9 Å². The average Bonchev–Trinajstić information content (AvgIpc) is 2.98. The van der Waals surface area contributed by atoms with Gasteiger partial charge in [-0.05, 0) is 37.5 Å². The Hall–Kier alpha value is -0.830. The lowest BCUT2D eigenvalue weighted by Crippen LogP contribution is -2.31. The maximum Gasteiger partial charge on any atom is 0.332 e. The van der Waals surface area contributed by atoms with Crippen LogP contribution in [0.4, 0.5) is 0 Å². The molecule has 2 saturated carbocycles. The number of carbonyl (C=O) groups is 1. The molecule has 2 rings (SSSR count). The topological polar surface area (TPSA) is 40.5 Å². The van der Waals surface area contributed by atoms with Crippen molar-refractivity contribution in [2.45, 2.75) is 25.7 Å². The average molecular weight is 209 g/mol. The van der Waals surface area contributed by atoms with Crippen molar-refractivity contribution in [1.29, 1.82) is 0 Å². The Morgan fingerprint density at radius 1 is 1.20 bits per heavy atom. The molecule has 1 N–H and O–H groups in total. The van der Waals surface area contributed by atoms with E-state index < -0.39 is 5.97 Å². The van der Waals surface area contributed by atoms with Crippen LogP contribution >= 0.6 is 0 Å². The van der Waals surface area contributed by atoms with Crippen molar-refractivity contribution in [2.75, 3.05) is 19.6 Å². The number of carboxylic acids is 1. The second-order valence-electron chi connectivity index (χ2n) is 4.99. The fourth-order valence-electron chi connectivity index (χ4n) is 1.87. The molecular formula is C12H19NO2. The fraction of sp³-hybridized carbons (Fsp3) is 0.750. The highest BCUT2D eigenvalue weighted by Crippen LogP contribution is 2.33. The van der Waals surface area contributed by atoms with E-state index in [2.05, 4.69) is 11.5 Å². The van der Waals surface area contributed by atoms with Crippen LogP contribution in [-0.2, 0) is 4.79 Å². The Labute approximate surface area is 90.8 Å². The number of hydrogen-bond acceptors (Lipinski definition) is 2. The SMILES string of the molecule is C=C(CN(CC1CC1)CC1CC1)C(=O)O. The molecule has 0 aliphatic heterocycles. The first-order chi connectivity index (χ1) is 7.15. The van der Waals surface area contributed by atoms with Crippen LogP contribution in [0, 0.1) is 11.8 Å². The van der Waals surface area contributed by atoms with Gasteiger partial charge < -0.3 is 5.11 Å². The number of nitrogens with zero attached hydrogens (tertiary/aromatic N) is 1. The van der Waals surface area contributed by atoms with Crippen molar-refractivity contribution in [3.63, 3.8) is 0 Å². The maximum absolute atomic E-state index is 10.7. The summed E-state index contributed by atoms with van der Waals surface area (Å²) in [5.41, 5.74) is 0.330. The summed E-state index contributed by atoms with van der Waals surface area (Å²) in [6.07, 6.45) is 5.28. The molecule has 0 aromatic heterocycles. The highest BCUT2D eigenvalue weighted by molar-refractivity contribution is 5.86. The molecule has 15 heavy (non-hydrogen) atoms. The van der Waals surface area contributed by atoms with Crippen LogP contribution in [0.3, 0.4) is 0 Å². The van der Waals surface area contributed by atoms with Crippen LogP contribution in [-0.4, -0.2) is 35.6 Å². The second kappa shape index (κ2) is 4.35. The predicted molar refractivity (Wildman–Crippen MR) is 58.7 cm³/mol. The third-order valence-corrected chi connectivity index (χ3v) is 3.14. The third-order valence-electron chi connectivity index (χ3n) is 3.14. The normalized spacial score (nSPS) is 20.6. The first-order valence-corrected chi connectivity index (χ1v) is 5.78. The third kappa shape index (κ3) is 3.67. The van der Waals surface area contributed by atoms with Crippen LogP contribution in [0.5, 0.6) is 0 Å². The van der Waals surface area contributed by atoms with Gasteiger partial charge in [-0.1, -0.05) is 6.58 Å². The van der Waals surface area contributed by atoms with Crippen molar-refractivity contribution in [2.24, 2.45) is 11.8 Å². The van der Waals surface area contributed by atoms with Gasteiger partial charge in [-0.2, -0.15) is 0 Å². The zero-order chi connectivity index (χ0) is 10.8. The van der Waals surface area contributed by atoms with Crippen molar-refractivity contribution in [3.8, 4) is 0 Å². The molecule has 0 heterocycles. The fourth-order valence-corrected chi connectivity index (χ4v) is 1.87. The molecular weight excluding hydrogens is 190 g/mol. The van der Waals surface area contributed by atoms with Crippen LogP contribution in [0.1, 0.15) is 25.7 Å². The minimum Gasteiger partial charge on any atom is -0.478 e. The first kappa shape index (κ1) is 10.7. The lowest BCUT2D eigenvalue weighted by atomic mass is 10.2. The second-order valence-corrected chi connectivity index (χ2v) is 4.99. The van der Waals surface area contributed by atoms with Crippen LogP contribution in [0.2, 0.25) is 0 Å². The highest BCUT2D eigenvalue weighted by Gasteiger charge is 2.29. The standard InChI is InChI=1S/C12H19NO2/c1-9(12(14)15)6-13(7-10-2-3-10)8-11-4-5-11/h10-11H,1-8H2,(H,14,15). The van der Waals surface area contributed by atoms with Crippen LogP contribution in [0.15, 0.2) is 12.2 Å². The van der Waals surface area contributed by atoms with E-state index in [1.807, 2.05) is 0 Å². The lowest BCUT2D eigenvalue weighted by Gasteiger charge is -2.21. The van der Waals surface area contributed by atoms with Gasteiger partial charge in [0.05, 0.1) is 0 Å². The Kier molecular flexibility index (Phi) is 3.10. The lowest BCUT2D eigenvalue weighted by molar-refractivity contribution is -0.132. The van der Waals surface area contributed by atoms with Crippen LogP contribution < -0.4 is 0 Å². The highest BCUT2D eigenvalue weighted by atomic mass is 16.4. The van der Waals surface area contributed by atoms with Crippen molar-refractivity contribution < 1.29 is 9.90 Å². The van der Waals surface area contributed by atoms with Crippen molar-refractivity contribution >= 4 is 5.97 Å². The molecule has 2 aliphatic carbocycles. The number of rotatable bonds is 7. The molecule has 0 aromatic rings. The molecule has 0 aromatic carbocycles. The molecule has 3 heteroatoms. The summed E-state index contributed by atoms with van der Waals surface area (Å²) in [7, 11) is 0. The van der Waals surface area contributed by atoms with Gasteiger partial charge in [0.25, 0.3) is 0 Å². The molecule has 0 radical (unpaired) electrons. The summed E-state index contributed by atoms with van der Waals surface area (Å²) in [5, 5.41) is 8.80. The molecule has 2 aliphatic rings. The Morgan fingerprint density at radius 2 is 1.67 bits per heavy atom. The summed E-state index contributed by atoms with van der Waals surface area (Å²) < 4.78 is 0. The Morgan fingerprint density at radius 3 is 2.00 bits per heavy atom. The van der Waals surface area contributed by atoms with Gasteiger partial charge in [-0.25, -0.2) is 4.79 Å². The minimum absolute atomic E-state index is 0.330. The smallest absolute Gasteiger partial charge is 0.332 e. The zero-order valence-electron chi connectivity index (χ0n) is 9.11. The van der Waals surface area contributed by atoms with Crippen LogP contribution in [0.25, 0.3) is 0 Å². The number of carboxylic acid groups (broad SMARTS) is 1. The molecule has 0 atom stereocenters. The molecule has 84 valence electrons. The van der Waals surface area contributed by atoms with Gasteiger partial charge in [0.2, 0.25) is 0 Å². The minimum atomic E-state index is -0.855. The quantitative estimate of drug-likeness (QED) is 0.649. The maximum atomic E-state index is 10.7. The first-order valence-electron chi connectivity index (χ1n) is 5.78. The summed E-state index contributed by atoms with van der Waals surface area (Å²) in [4.78, 5) is 13.0. The summed E-state index contributed by atoms with van der Waals surface area (Å²) in [5.74, 6) is 0.794. The summed E-state index contributed by atoms with van der Waals surface area (Å²) in [6, 6.07) is 0. The molecule has 2 fully saturated rings. The van der Waals surface area contributed by atoms with Gasteiger partial charge >= 0.3 is 5.97 Å². The van der Waals surface area contributed by atoms with Gasteiger partial charge in [0.15, 0.2) is 0 Å². The monoisotopic (exact) mass is 209 g/mol. The van der Waals surface area contributed by atoms with E-state index in [0.29, 0.717) is 12.1 Å². The zero-order valence-corrected chi connectivity index (χ0v) is 9.11. The largest absolute Gasteiger partial charge is 0.478 e. The van der Waals surface area contributed by atoms with E-state index in [1.54, 1.807) is 0 Å². The Bertz CT molecular complexity index is 253. The summed E-state index contributed by atoms with van der Waals surface area (Å²) in [6.45, 7) is 6.30. The van der Waals surface area contributed by atoms with E-state index in [1.165, 1.54) is 25.7 Å². The summed E-state index contributed by atoms with van der Waals surface area (Å²) >= 11 is 0. The van der Waals surface area contributed by atoms with E-state index >= 15 is 0 Å². The molecule has 3 nitrogen and oxygen atoms in total. The molecule has 0 spiro atoms. The van der Waals surface area contributed by atoms with E-state index in [-0.39, 0.29) is 0 Å². The van der Waals surface area contributed by atoms with Gasteiger partial charge in [-0.3, -0.25) is 4.90 Å². The predicted octanol–water partition coefficient (Wildman–Crippen LogP) is 1.75. The number of aliphatic carboxylic acids is 1. The van der Waals surface area contributed by atoms with Gasteiger partial charge in [0.1, 0.15) is 0 Å². The molecule has 0 saturated heterocycles. The Balaban J connectivity index is 1.79.